The number of rotatable bonds is 5. The van der Waals surface area contributed by atoms with Gasteiger partial charge < -0.3 is 29.4 Å². The number of carbonyl (C=O) groups is 3. The largest absolute Gasteiger partial charge is 0.459 e. The van der Waals surface area contributed by atoms with E-state index in [1.54, 1.807) is 36.1 Å². The Morgan fingerprint density at radius 1 is 1.10 bits per heavy atom. The highest BCUT2D eigenvalue weighted by atomic mass is 16.7. The summed E-state index contributed by atoms with van der Waals surface area (Å²) < 4.78 is 15.6. The molecule has 158 valence electrons. The molecule has 1 saturated heterocycles. The quantitative estimate of drug-likeness (QED) is 0.776. The van der Waals surface area contributed by atoms with Crippen LogP contribution in [0.2, 0.25) is 0 Å². The molecule has 4 rings (SSSR count). The van der Waals surface area contributed by atoms with Crippen LogP contribution in [0.1, 0.15) is 30.3 Å². The lowest BCUT2D eigenvalue weighted by Gasteiger charge is -2.33. The van der Waals surface area contributed by atoms with Crippen LogP contribution < -0.4 is 20.1 Å². The van der Waals surface area contributed by atoms with Crippen molar-refractivity contribution in [3.05, 3.63) is 42.4 Å². The Hall–Kier alpha value is -3.49. The van der Waals surface area contributed by atoms with E-state index in [2.05, 4.69) is 10.6 Å². The first-order chi connectivity index (χ1) is 14.5. The molecule has 2 aliphatic heterocycles. The van der Waals surface area contributed by atoms with Gasteiger partial charge in [0.1, 0.15) is 6.04 Å². The maximum Gasteiger partial charge on any atom is 0.287 e. The molecule has 9 nitrogen and oxygen atoms in total. The van der Waals surface area contributed by atoms with E-state index in [0.29, 0.717) is 43.1 Å². The van der Waals surface area contributed by atoms with Crippen molar-refractivity contribution in [2.45, 2.75) is 25.8 Å². The molecule has 0 saturated carbocycles. The average Bonchev–Trinajstić information content (AvgIpc) is 3.45. The second-order valence-electron chi connectivity index (χ2n) is 7.33. The third-order valence-electron chi connectivity index (χ3n) is 5.28. The van der Waals surface area contributed by atoms with Gasteiger partial charge in [-0.15, -0.1) is 0 Å². The number of furan rings is 1. The van der Waals surface area contributed by atoms with Crippen LogP contribution in [-0.2, 0) is 9.59 Å². The van der Waals surface area contributed by atoms with Gasteiger partial charge in [-0.3, -0.25) is 14.4 Å². The fourth-order valence-corrected chi connectivity index (χ4v) is 3.59. The molecule has 30 heavy (non-hydrogen) atoms. The highest BCUT2D eigenvalue weighted by molar-refractivity contribution is 5.95. The number of hydrogen-bond donors (Lipinski definition) is 2. The molecule has 3 amide bonds. The van der Waals surface area contributed by atoms with Crippen molar-refractivity contribution in [3.8, 4) is 11.5 Å². The smallest absolute Gasteiger partial charge is 0.287 e. The second-order valence-corrected chi connectivity index (χ2v) is 7.33. The summed E-state index contributed by atoms with van der Waals surface area (Å²) in [6, 6.07) is 7.74. The minimum Gasteiger partial charge on any atom is -0.459 e. The molecule has 2 aliphatic rings. The van der Waals surface area contributed by atoms with Crippen molar-refractivity contribution in [2.75, 3.05) is 25.2 Å². The number of nitrogens with zero attached hydrogens (tertiary/aromatic N) is 1. The summed E-state index contributed by atoms with van der Waals surface area (Å²) in [5.74, 6) is 0.552. The van der Waals surface area contributed by atoms with Crippen LogP contribution in [0.5, 0.6) is 11.5 Å². The Morgan fingerprint density at radius 3 is 2.60 bits per heavy atom. The molecule has 9 heteroatoms. The Kier molecular flexibility index (Phi) is 5.60. The lowest BCUT2D eigenvalue weighted by atomic mass is 9.95. The maximum atomic E-state index is 12.6. The van der Waals surface area contributed by atoms with Gasteiger partial charge in [0.15, 0.2) is 17.3 Å². The predicted molar refractivity (Wildman–Crippen MR) is 106 cm³/mol. The highest BCUT2D eigenvalue weighted by Crippen LogP contribution is 2.34. The van der Waals surface area contributed by atoms with Crippen LogP contribution in [0, 0.1) is 5.92 Å². The van der Waals surface area contributed by atoms with Gasteiger partial charge in [-0.2, -0.15) is 0 Å². The minimum atomic E-state index is -0.679. The normalized spacial score (nSPS) is 16.8. The molecule has 0 aliphatic carbocycles. The summed E-state index contributed by atoms with van der Waals surface area (Å²) >= 11 is 0. The number of fused-ring (bicyclic) bond motifs is 1. The van der Waals surface area contributed by atoms with E-state index >= 15 is 0 Å². The Morgan fingerprint density at radius 2 is 1.87 bits per heavy atom. The molecule has 0 bridgehead atoms. The van der Waals surface area contributed by atoms with E-state index in [1.807, 2.05) is 0 Å². The lowest BCUT2D eigenvalue weighted by Crippen LogP contribution is -2.50. The summed E-state index contributed by atoms with van der Waals surface area (Å²) in [6.45, 7) is 2.74. The zero-order valence-electron chi connectivity index (χ0n) is 16.6. The number of benzene rings is 1. The van der Waals surface area contributed by atoms with Gasteiger partial charge in [0, 0.05) is 30.8 Å². The van der Waals surface area contributed by atoms with Crippen LogP contribution in [0.15, 0.2) is 41.0 Å². The lowest BCUT2D eigenvalue weighted by molar-refractivity contribution is -0.135. The number of carbonyl (C=O) groups excluding carboxylic acids is 3. The molecular weight excluding hydrogens is 390 g/mol. The van der Waals surface area contributed by atoms with E-state index in [-0.39, 0.29) is 30.3 Å². The van der Waals surface area contributed by atoms with Crippen LogP contribution in [0.4, 0.5) is 5.69 Å². The summed E-state index contributed by atoms with van der Waals surface area (Å²) in [6.07, 6.45) is 2.52. The number of ether oxygens (including phenoxy) is 2. The minimum absolute atomic E-state index is 0.0832. The van der Waals surface area contributed by atoms with Crippen molar-refractivity contribution in [2.24, 2.45) is 5.92 Å². The topological polar surface area (TPSA) is 110 Å². The first kappa shape index (κ1) is 19.8. The van der Waals surface area contributed by atoms with E-state index in [9.17, 15) is 14.4 Å². The van der Waals surface area contributed by atoms with Crippen LogP contribution in [0.3, 0.4) is 0 Å². The highest BCUT2D eigenvalue weighted by Gasteiger charge is 2.30. The monoisotopic (exact) mass is 413 g/mol. The van der Waals surface area contributed by atoms with Crippen LogP contribution >= 0.6 is 0 Å². The summed E-state index contributed by atoms with van der Waals surface area (Å²) in [5, 5.41) is 5.55. The molecule has 0 radical (unpaired) electrons. The van der Waals surface area contributed by atoms with Crippen LogP contribution in [0.25, 0.3) is 0 Å². The van der Waals surface area contributed by atoms with Gasteiger partial charge in [0.25, 0.3) is 5.91 Å². The van der Waals surface area contributed by atoms with Gasteiger partial charge in [0.2, 0.25) is 18.6 Å². The Balaban J connectivity index is 1.26. The summed E-state index contributed by atoms with van der Waals surface area (Å²) in [7, 11) is 0. The van der Waals surface area contributed by atoms with E-state index in [1.165, 1.54) is 12.3 Å². The predicted octanol–water partition coefficient (Wildman–Crippen LogP) is 2.00. The van der Waals surface area contributed by atoms with Crippen molar-refractivity contribution in [1.29, 1.82) is 0 Å². The molecular formula is C21H23N3O6. The third kappa shape index (κ3) is 4.24. The molecule has 1 aromatic heterocycles. The van der Waals surface area contributed by atoms with Crippen molar-refractivity contribution in [3.63, 3.8) is 0 Å². The molecule has 1 fully saturated rings. The van der Waals surface area contributed by atoms with Crippen LogP contribution in [-0.4, -0.2) is 48.5 Å². The number of nitrogens with one attached hydrogen (secondary N) is 2. The standard InChI is InChI=1S/C21H23N3O6/c1-13(22-20(26)17-3-2-10-28-17)21(27)24-8-6-14(7-9-24)19(25)23-15-4-5-16-18(11-15)30-12-29-16/h2-5,10-11,13-14H,6-9,12H2,1H3,(H,22,26)(H,23,25). The zero-order chi connectivity index (χ0) is 21.1. The molecule has 2 aromatic rings. The number of amides is 3. The van der Waals surface area contributed by atoms with Crippen molar-refractivity contribution >= 4 is 23.4 Å². The van der Waals surface area contributed by atoms with Gasteiger partial charge in [-0.25, -0.2) is 0 Å². The van der Waals surface area contributed by atoms with Gasteiger partial charge >= 0.3 is 0 Å². The van der Waals surface area contributed by atoms with E-state index in [4.69, 9.17) is 13.9 Å². The number of hydrogen-bond acceptors (Lipinski definition) is 6. The SMILES string of the molecule is CC(NC(=O)c1ccco1)C(=O)N1CCC(C(=O)Nc2ccc3c(c2)OCO3)CC1. The van der Waals surface area contributed by atoms with Crippen molar-refractivity contribution in [1.82, 2.24) is 10.2 Å². The molecule has 1 atom stereocenters. The molecule has 3 heterocycles. The van der Waals surface area contributed by atoms with E-state index in [0.717, 1.165) is 0 Å². The molecule has 0 spiro atoms. The third-order valence-corrected chi connectivity index (χ3v) is 5.28. The van der Waals surface area contributed by atoms with Gasteiger partial charge in [0.05, 0.1) is 6.26 Å². The average molecular weight is 413 g/mol. The summed E-state index contributed by atoms with van der Waals surface area (Å²) in [4.78, 5) is 39.0. The molecule has 1 aromatic carbocycles. The first-order valence-corrected chi connectivity index (χ1v) is 9.85. The Bertz CT molecular complexity index is 934. The fraction of sp³-hybridized carbons (Fsp3) is 0.381. The Labute approximate surface area is 173 Å². The van der Waals surface area contributed by atoms with Gasteiger partial charge in [-0.1, -0.05) is 0 Å². The van der Waals surface area contributed by atoms with Crippen molar-refractivity contribution < 1.29 is 28.3 Å². The molecule has 2 N–H and O–H groups in total. The second kappa shape index (κ2) is 8.48. The maximum absolute atomic E-state index is 12.6. The number of piperidine rings is 1. The molecule has 1 unspecified atom stereocenters. The number of likely N-dealkylation sites (tertiary alicyclic amines) is 1. The first-order valence-electron chi connectivity index (χ1n) is 9.85. The zero-order valence-corrected chi connectivity index (χ0v) is 16.6. The fourth-order valence-electron chi connectivity index (χ4n) is 3.59. The van der Waals surface area contributed by atoms with Gasteiger partial charge in [-0.05, 0) is 44.0 Å². The van der Waals surface area contributed by atoms with E-state index < -0.39 is 11.9 Å². The number of anilines is 1. The summed E-state index contributed by atoms with van der Waals surface area (Å²) in [5.41, 5.74) is 0.650.